The molecule has 2 heterocycles. The van der Waals surface area contributed by atoms with Gasteiger partial charge < -0.3 is 0 Å². The van der Waals surface area contributed by atoms with Crippen LogP contribution < -0.4 is 0 Å². The molecule has 2 aliphatic heterocycles. The highest BCUT2D eigenvalue weighted by Crippen LogP contribution is 2.62. The monoisotopic (exact) mass is 421 g/mol. The zero-order valence-electron chi connectivity index (χ0n) is 18.5. The van der Waals surface area contributed by atoms with E-state index < -0.39 is 0 Å². The third-order valence-corrected chi connectivity index (χ3v) is 12.3. The fraction of sp³-hybridized carbons (Fsp3) is 0.786. The summed E-state index contributed by atoms with van der Waals surface area (Å²) in [6.45, 7) is 0. The van der Waals surface area contributed by atoms with E-state index in [-0.39, 0.29) is 0 Å². The molecule has 1 nitrogen and oxygen atoms in total. The lowest BCUT2D eigenvalue weighted by molar-refractivity contribution is -0.142. The van der Waals surface area contributed by atoms with Crippen molar-refractivity contribution in [3.05, 3.63) is 35.9 Å². The summed E-state index contributed by atoms with van der Waals surface area (Å²) in [7, 11) is 0. The standard InChI is InChI=1S/C28H39NS/c1-2-8-18(9-3-1)19-16-17-21-22-11-7-15-26-28(22)29(23-12-4-5-14-25(23)30-26)24-13-6-10-20(19)27(21)24/h1-3,8-9,19-28H,4-7,10-17H2. The first-order valence-corrected chi connectivity index (χ1v) is 14.3. The summed E-state index contributed by atoms with van der Waals surface area (Å²) in [6, 6.07) is 14.5. The number of hydrogen-bond acceptors (Lipinski definition) is 2. The molecule has 10 unspecified atom stereocenters. The van der Waals surface area contributed by atoms with Gasteiger partial charge >= 0.3 is 0 Å². The molecular formula is C28H39NS. The molecule has 0 N–H and O–H groups in total. The van der Waals surface area contributed by atoms with Crippen molar-refractivity contribution >= 4 is 11.8 Å². The van der Waals surface area contributed by atoms with Crippen molar-refractivity contribution in [2.45, 2.75) is 112 Å². The van der Waals surface area contributed by atoms with E-state index in [4.69, 9.17) is 0 Å². The molecule has 0 aromatic heterocycles. The number of piperidine rings is 1. The zero-order valence-corrected chi connectivity index (χ0v) is 19.3. The van der Waals surface area contributed by atoms with E-state index in [1.807, 2.05) is 0 Å². The number of nitrogens with zero attached hydrogens (tertiary/aromatic N) is 1. The van der Waals surface area contributed by atoms with E-state index in [1.54, 1.807) is 12.0 Å². The molecule has 0 radical (unpaired) electrons. The van der Waals surface area contributed by atoms with Crippen molar-refractivity contribution in [2.24, 2.45) is 23.7 Å². The van der Waals surface area contributed by atoms with Crippen LogP contribution in [0, 0.1) is 23.7 Å². The second-order valence-electron chi connectivity index (χ2n) is 11.6. The fourth-order valence-electron chi connectivity index (χ4n) is 9.74. The van der Waals surface area contributed by atoms with Gasteiger partial charge in [-0.3, -0.25) is 4.90 Å². The van der Waals surface area contributed by atoms with E-state index >= 15 is 0 Å². The first-order valence-electron chi connectivity index (χ1n) is 13.4. The summed E-state index contributed by atoms with van der Waals surface area (Å²) < 4.78 is 0. The predicted octanol–water partition coefficient (Wildman–Crippen LogP) is 6.88. The average molecular weight is 422 g/mol. The van der Waals surface area contributed by atoms with E-state index in [0.717, 1.165) is 58.2 Å². The highest BCUT2D eigenvalue weighted by Gasteiger charge is 2.61. The first kappa shape index (κ1) is 19.0. The number of thioether (sulfide) groups is 1. The van der Waals surface area contributed by atoms with Gasteiger partial charge in [0.25, 0.3) is 0 Å². The normalized spacial score (nSPS) is 50.1. The molecule has 162 valence electrons. The van der Waals surface area contributed by atoms with Crippen LogP contribution in [-0.4, -0.2) is 33.5 Å². The van der Waals surface area contributed by atoms with Gasteiger partial charge in [-0.2, -0.15) is 11.8 Å². The Balaban J connectivity index is 1.29. The Hall–Kier alpha value is -0.470. The molecule has 30 heavy (non-hydrogen) atoms. The fourth-order valence-corrected chi connectivity index (χ4v) is 11.8. The summed E-state index contributed by atoms with van der Waals surface area (Å²) in [5.74, 6) is 4.88. The average Bonchev–Trinajstić information content (AvgIpc) is 2.82. The maximum absolute atomic E-state index is 3.29. The van der Waals surface area contributed by atoms with E-state index in [0.29, 0.717) is 0 Å². The minimum absolute atomic E-state index is 0.840. The van der Waals surface area contributed by atoms with Gasteiger partial charge in [0, 0.05) is 28.6 Å². The number of fused-ring (bicyclic) bond motifs is 4. The van der Waals surface area contributed by atoms with Crippen LogP contribution in [0.3, 0.4) is 0 Å². The largest absolute Gasteiger partial charge is 0.292 e. The third-order valence-electron chi connectivity index (χ3n) is 10.5. The van der Waals surface area contributed by atoms with Crippen LogP contribution >= 0.6 is 11.8 Å². The molecule has 1 aromatic rings. The van der Waals surface area contributed by atoms with Gasteiger partial charge in [0.1, 0.15) is 0 Å². The topological polar surface area (TPSA) is 3.24 Å². The van der Waals surface area contributed by atoms with Crippen molar-refractivity contribution in [3.8, 4) is 0 Å². The lowest BCUT2D eigenvalue weighted by Crippen LogP contribution is -2.72. The van der Waals surface area contributed by atoms with Crippen molar-refractivity contribution < 1.29 is 0 Å². The summed E-state index contributed by atoms with van der Waals surface area (Å²) in [5.41, 5.74) is 1.66. The molecule has 10 atom stereocenters. The molecule has 6 fully saturated rings. The van der Waals surface area contributed by atoms with Gasteiger partial charge in [-0.05, 0) is 86.5 Å². The Labute approximate surface area is 187 Å². The highest BCUT2D eigenvalue weighted by molar-refractivity contribution is 8.00. The van der Waals surface area contributed by atoms with Crippen molar-refractivity contribution in [1.29, 1.82) is 0 Å². The minimum atomic E-state index is 0.840. The second kappa shape index (κ2) is 7.55. The molecule has 0 spiro atoms. The molecule has 6 aliphatic rings. The summed E-state index contributed by atoms with van der Waals surface area (Å²) in [6.07, 6.45) is 18.1. The Morgan fingerprint density at radius 3 is 2.33 bits per heavy atom. The molecule has 0 bridgehead atoms. The van der Waals surface area contributed by atoms with Crippen LogP contribution in [0.2, 0.25) is 0 Å². The Bertz CT molecular complexity index is 763. The molecule has 2 heteroatoms. The van der Waals surface area contributed by atoms with Crippen LogP contribution in [0.5, 0.6) is 0 Å². The van der Waals surface area contributed by atoms with Gasteiger partial charge in [0.2, 0.25) is 0 Å². The highest BCUT2D eigenvalue weighted by atomic mass is 32.2. The van der Waals surface area contributed by atoms with Crippen LogP contribution in [0.1, 0.15) is 88.5 Å². The van der Waals surface area contributed by atoms with Gasteiger partial charge in [-0.25, -0.2) is 0 Å². The summed E-state index contributed by atoms with van der Waals surface area (Å²) in [4.78, 5) is 3.29. The van der Waals surface area contributed by atoms with E-state index in [1.165, 1.54) is 70.6 Å². The zero-order chi connectivity index (χ0) is 19.7. The van der Waals surface area contributed by atoms with Crippen LogP contribution in [0.4, 0.5) is 0 Å². The lowest BCUT2D eigenvalue weighted by Gasteiger charge is -2.68. The van der Waals surface area contributed by atoms with Crippen LogP contribution in [-0.2, 0) is 0 Å². The van der Waals surface area contributed by atoms with E-state index in [2.05, 4.69) is 47.0 Å². The number of rotatable bonds is 1. The van der Waals surface area contributed by atoms with Crippen molar-refractivity contribution in [3.63, 3.8) is 0 Å². The molecule has 1 aromatic carbocycles. The van der Waals surface area contributed by atoms with Crippen LogP contribution in [0.25, 0.3) is 0 Å². The van der Waals surface area contributed by atoms with Gasteiger partial charge in [-0.1, -0.05) is 56.0 Å². The number of benzene rings is 1. The second-order valence-corrected chi connectivity index (χ2v) is 13.1. The van der Waals surface area contributed by atoms with Crippen molar-refractivity contribution in [1.82, 2.24) is 4.90 Å². The molecule has 7 rings (SSSR count). The molecule has 0 amide bonds. The number of hydrogen-bond donors (Lipinski definition) is 0. The Morgan fingerprint density at radius 1 is 0.633 bits per heavy atom. The molecule has 4 saturated carbocycles. The van der Waals surface area contributed by atoms with Crippen LogP contribution in [0.15, 0.2) is 30.3 Å². The smallest absolute Gasteiger partial charge is 0.0252 e. The minimum Gasteiger partial charge on any atom is -0.292 e. The van der Waals surface area contributed by atoms with E-state index in [9.17, 15) is 0 Å². The Kier molecular flexibility index (Phi) is 4.79. The first-order chi connectivity index (χ1) is 14.9. The summed E-state index contributed by atoms with van der Waals surface area (Å²) >= 11 is 2.48. The maximum atomic E-state index is 3.29. The lowest BCUT2D eigenvalue weighted by atomic mass is 9.51. The summed E-state index contributed by atoms with van der Waals surface area (Å²) in [5, 5.41) is 1.93. The maximum Gasteiger partial charge on any atom is 0.0252 e. The predicted molar refractivity (Wildman–Crippen MR) is 127 cm³/mol. The van der Waals surface area contributed by atoms with Gasteiger partial charge in [-0.15, -0.1) is 0 Å². The Morgan fingerprint density at radius 2 is 1.40 bits per heavy atom. The van der Waals surface area contributed by atoms with Gasteiger partial charge in [0.15, 0.2) is 0 Å². The molecular weight excluding hydrogens is 382 g/mol. The quantitative estimate of drug-likeness (QED) is 0.486. The SMILES string of the molecule is c1ccc(C2CCC3C4CCCC5SC6CCCCC6N(C6CCCC2C36)C54)cc1. The molecule has 4 aliphatic carbocycles. The van der Waals surface area contributed by atoms with Gasteiger partial charge in [0.05, 0.1) is 0 Å². The third kappa shape index (κ3) is 2.78. The molecule has 2 saturated heterocycles. The van der Waals surface area contributed by atoms with Crippen molar-refractivity contribution in [2.75, 3.05) is 0 Å².